The van der Waals surface area contributed by atoms with Gasteiger partial charge in [0.25, 0.3) is 5.91 Å². The van der Waals surface area contributed by atoms with Crippen molar-refractivity contribution in [3.63, 3.8) is 0 Å². The molecule has 1 aromatic carbocycles. The Kier molecular flexibility index (Phi) is 8.03. The molecular formula is C25H34N4O6. The number of hydrogen-bond acceptors (Lipinski definition) is 6. The number of hydrogen-bond donors (Lipinski definition) is 4. The van der Waals surface area contributed by atoms with Crippen LogP contribution in [-0.2, 0) is 19.1 Å². The summed E-state index contributed by atoms with van der Waals surface area (Å²) in [6.07, 6.45) is 1.03. The van der Waals surface area contributed by atoms with Gasteiger partial charge in [0, 0.05) is 23.4 Å². The Morgan fingerprint density at radius 2 is 1.89 bits per heavy atom. The van der Waals surface area contributed by atoms with E-state index >= 15 is 0 Å². The number of H-pyrrole nitrogens is 1. The maximum atomic E-state index is 13.3. The Bertz CT molecular complexity index is 1100. The van der Waals surface area contributed by atoms with E-state index < -0.39 is 35.8 Å². The van der Waals surface area contributed by atoms with Crippen LogP contribution in [0, 0.1) is 11.3 Å². The Hall–Kier alpha value is -3.56. The summed E-state index contributed by atoms with van der Waals surface area (Å²) in [7, 11) is 2.78. The third kappa shape index (κ3) is 6.52. The summed E-state index contributed by atoms with van der Waals surface area (Å²) in [6.45, 7) is 6.39. The highest BCUT2D eigenvalue weighted by atomic mass is 16.5. The molecule has 2 heterocycles. The predicted molar refractivity (Wildman–Crippen MR) is 130 cm³/mol. The normalized spacial score (nSPS) is 17.4. The minimum Gasteiger partial charge on any atom is -0.496 e. The lowest BCUT2D eigenvalue weighted by atomic mass is 9.87. The summed E-state index contributed by atoms with van der Waals surface area (Å²) in [6, 6.07) is 5.19. The first-order valence-electron chi connectivity index (χ1n) is 11.6. The maximum absolute atomic E-state index is 13.3. The fourth-order valence-corrected chi connectivity index (χ4v) is 4.27. The molecule has 4 N–H and O–H groups in total. The first kappa shape index (κ1) is 26.1. The number of aromatic nitrogens is 1. The zero-order valence-electron chi connectivity index (χ0n) is 20.8. The van der Waals surface area contributed by atoms with E-state index in [1.165, 1.54) is 7.11 Å². The Morgan fingerprint density at radius 3 is 2.49 bits per heavy atom. The van der Waals surface area contributed by atoms with Gasteiger partial charge in [-0.1, -0.05) is 26.8 Å². The topological polar surface area (TPSA) is 139 Å². The second-order valence-electron chi connectivity index (χ2n) is 9.99. The van der Waals surface area contributed by atoms with Crippen LogP contribution in [0.25, 0.3) is 10.9 Å². The predicted octanol–water partition coefficient (Wildman–Crippen LogP) is 1.90. The molecule has 1 aliphatic rings. The lowest BCUT2D eigenvalue weighted by molar-refractivity contribution is -0.146. The molecule has 0 saturated carbocycles. The SMILES string of the molecule is COC(=O)C(C[C@@H]1CCNC1=O)NC(=O)C(CC(C)(C)C)NC(=O)c1cc2c(OC)cccc2[nH]1. The summed E-state index contributed by atoms with van der Waals surface area (Å²) in [5, 5.41) is 8.98. The van der Waals surface area contributed by atoms with Crippen molar-refractivity contribution in [1.82, 2.24) is 20.9 Å². The maximum Gasteiger partial charge on any atom is 0.328 e. The molecule has 10 nitrogen and oxygen atoms in total. The fraction of sp³-hybridized carbons (Fsp3) is 0.520. The molecule has 3 rings (SSSR count). The molecule has 1 saturated heterocycles. The van der Waals surface area contributed by atoms with Gasteiger partial charge in [-0.3, -0.25) is 14.4 Å². The van der Waals surface area contributed by atoms with Crippen molar-refractivity contribution in [3.05, 3.63) is 30.0 Å². The van der Waals surface area contributed by atoms with Crippen LogP contribution in [0.3, 0.4) is 0 Å². The summed E-state index contributed by atoms with van der Waals surface area (Å²) >= 11 is 0. The molecule has 0 radical (unpaired) electrons. The number of carbonyl (C=O) groups excluding carboxylic acids is 4. The van der Waals surface area contributed by atoms with Crippen molar-refractivity contribution >= 4 is 34.6 Å². The van der Waals surface area contributed by atoms with Gasteiger partial charge in [0.15, 0.2) is 0 Å². The minimum absolute atomic E-state index is 0.127. The van der Waals surface area contributed by atoms with Gasteiger partial charge < -0.3 is 30.4 Å². The average molecular weight is 487 g/mol. The number of ether oxygens (including phenoxy) is 2. The van der Waals surface area contributed by atoms with Crippen LogP contribution < -0.4 is 20.7 Å². The van der Waals surface area contributed by atoms with Crippen LogP contribution in [0.2, 0.25) is 0 Å². The zero-order valence-corrected chi connectivity index (χ0v) is 20.8. The number of esters is 1. The van der Waals surface area contributed by atoms with Crippen molar-refractivity contribution in [3.8, 4) is 5.75 Å². The Balaban J connectivity index is 1.79. The quantitative estimate of drug-likeness (QED) is 0.399. The molecule has 1 aromatic heterocycles. The number of rotatable bonds is 9. The van der Waals surface area contributed by atoms with Crippen LogP contribution in [0.1, 0.15) is 50.5 Å². The van der Waals surface area contributed by atoms with Gasteiger partial charge in [-0.2, -0.15) is 0 Å². The number of aromatic amines is 1. The second kappa shape index (κ2) is 10.8. The lowest BCUT2D eigenvalue weighted by Crippen LogP contribution is -2.53. The zero-order chi connectivity index (χ0) is 25.8. The van der Waals surface area contributed by atoms with Crippen LogP contribution >= 0.6 is 0 Å². The number of carbonyl (C=O) groups is 4. The third-order valence-electron chi connectivity index (χ3n) is 6.01. The van der Waals surface area contributed by atoms with Gasteiger partial charge in [0.2, 0.25) is 11.8 Å². The van der Waals surface area contributed by atoms with Gasteiger partial charge in [0.1, 0.15) is 23.5 Å². The van der Waals surface area contributed by atoms with Crippen molar-refractivity contribution < 1.29 is 28.7 Å². The molecule has 3 atom stereocenters. The van der Waals surface area contributed by atoms with Crippen molar-refractivity contribution in [2.75, 3.05) is 20.8 Å². The molecule has 1 fully saturated rings. The van der Waals surface area contributed by atoms with Gasteiger partial charge in [-0.05, 0) is 42.9 Å². The number of amides is 3. The van der Waals surface area contributed by atoms with Crippen LogP contribution in [0.15, 0.2) is 24.3 Å². The molecule has 0 aliphatic carbocycles. The molecule has 0 spiro atoms. The largest absolute Gasteiger partial charge is 0.496 e. The number of fused-ring (bicyclic) bond motifs is 1. The molecule has 0 bridgehead atoms. The Labute approximate surface area is 204 Å². The highest BCUT2D eigenvalue weighted by Gasteiger charge is 2.35. The van der Waals surface area contributed by atoms with E-state index in [0.29, 0.717) is 25.1 Å². The molecule has 1 aliphatic heterocycles. The molecule has 190 valence electrons. The smallest absolute Gasteiger partial charge is 0.328 e. The minimum atomic E-state index is -1.00. The van der Waals surface area contributed by atoms with E-state index in [4.69, 9.17) is 9.47 Å². The van der Waals surface area contributed by atoms with Crippen LogP contribution in [0.5, 0.6) is 5.75 Å². The van der Waals surface area contributed by atoms with E-state index in [-0.39, 0.29) is 23.4 Å². The van der Waals surface area contributed by atoms with Crippen molar-refractivity contribution in [2.24, 2.45) is 11.3 Å². The number of methoxy groups -OCH3 is 2. The lowest BCUT2D eigenvalue weighted by Gasteiger charge is -2.28. The molecular weight excluding hydrogens is 452 g/mol. The van der Waals surface area contributed by atoms with E-state index in [1.807, 2.05) is 32.9 Å². The van der Waals surface area contributed by atoms with Crippen molar-refractivity contribution in [2.45, 2.75) is 52.1 Å². The van der Waals surface area contributed by atoms with Gasteiger partial charge in [0.05, 0.1) is 14.2 Å². The highest BCUT2D eigenvalue weighted by molar-refractivity contribution is 6.01. The van der Waals surface area contributed by atoms with Gasteiger partial charge >= 0.3 is 5.97 Å². The summed E-state index contributed by atoms with van der Waals surface area (Å²) in [4.78, 5) is 53.8. The first-order valence-corrected chi connectivity index (χ1v) is 11.6. The van der Waals surface area contributed by atoms with Gasteiger partial charge in [-0.25, -0.2) is 4.79 Å². The average Bonchev–Trinajstić information content (AvgIpc) is 3.42. The monoisotopic (exact) mass is 486 g/mol. The fourth-order valence-electron chi connectivity index (χ4n) is 4.27. The molecule has 2 aromatic rings. The molecule has 10 heteroatoms. The summed E-state index contributed by atoms with van der Waals surface area (Å²) in [5.74, 6) is -1.54. The van der Waals surface area contributed by atoms with E-state index in [1.54, 1.807) is 19.2 Å². The Morgan fingerprint density at radius 1 is 1.14 bits per heavy atom. The molecule has 35 heavy (non-hydrogen) atoms. The first-order chi connectivity index (χ1) is 16.5. The molecule has 3 amide bonds. The van der Waals surface area contributed by atoms with Crippen LogP contribution in [0.4, 0.5) is 0 Å². The number of nitrogens with one attached hydrogen (secondary N) is 4. The van der Waals surface area contributed by atoms with E-state index in [0.717, 1.165) is 10.9 Å². The van der Waals surface area contributed by atoms with Crippen LogP contribution in [-0.4, -0.2) is 61.5 Å². The summed E-state index contributed by atoms with van der Waals surface area (Å²) in [5.41, 5.74) is 0.709. The van der Waals surface area contributed by atoms with Gasteiger partial charge in [-0.15, -0.1) is 0 Å². The van der Waals surface area contributed by atoms with E-state index in [2.05, 4.69) is 20.9 Å². The highest BCUT2D eigenvalue weighted by Crippen LogP contribution is 2.27. The number of benzene rings is 1. The third-order valence-corrected chi connectivity index (χ3v) is 6.01. The van der Waals surface area contributed by atoms with E-state index in [9.17, 15) is 19.2 Å². The standard InChI is InChI=1S/C25H34N4O6/c1-25(2,3)13-19(23(32)28-18(24(33)35-5)11-14-9-10-26-21(14)30)29-22(31)17-12-15-16(27-17)7-6-8-20(15)34-4/h6-8,12,14,18-19,27H,9-11,13H2,1-5H3,(H,26,30)(H,28,32)(H,29,31)/t14-,18?,19?/m0/s1. The molecule has 2 unspecified atom stereocenters. The van der Waals surface area contributed by atoms with Crippen molar-refractivity contribution in [1.29, 1.82) is 0 Å². The second-order valence-corrected chi connectivity index (χ2v) is 9.99. The summed E-state index contributed by atoms with van der Waals surface area (Å²) < 4.78 is 10.2.